The highest BCUT2D eigenvalue weighted by Crippen LogP contribution is 2.36. The molecule has 8 rings (SSSR count). The molecule has 1 saturated heterocycles. The van der Waals surface area contributed by atoms with Crippen molar-refractivity contribution in [1.82, 2.24) is 19.8 Å². The molecule has 0 unspecified atom stereocenters. The van der Waals surface area contributed by atoms with Crippen LogP contribution in [0, 0.1) is 11.6 Å². The zero-order chi connectivity index (χ0) is 43.1. The summed E-state index contributed by atoms with van der Waals surface area (Å²) in [6.45, 7) is 3.26. The number of benzene rings is 3. The first-order chi connectivity index (χ1) is 29.1. The molecule has 2 aromatic heterocycles. The third-order valence-electron chi connectivity index (χ3n) is 11.7. The molecule has 0 amide bonds. The van der Waals surface area contributed by atoms with Gasteiger partial charge in [-0.15, -0.1) is 22.7 Å². The molecule has 0 radical (unpaired) electrons. The fourth-order valence-corrected chi connectivity index (χ4v) is 13.0. The largest absolute Gasteiger partial charge is 0.379 e. The molecular formula is C40H45Cl2F2N9O4S4. The summed E-state index contributed by atoms with van der Waals surface area (Å²) in [6, 6.07) is 11.3. The van der Waals surface area contributed by atoms with Gasteiger partial charge in [0.25, 0.3) is 20.0 Å². The van der Waals surface area contributed by atoms with E-state index in [-0.39, 0.29) is 44.5 Å². The van der Waals surface area contributed by atoms with Gasteiger partial charge in [-0.2, -0.15) is 0 Å². The van der Waals surface area contributed by atoms with Crippen LogP contribution in [0.4, 0.5) is 36.1 Å². The molecule has 0 spiro atoms. The average molecular weight is 953 g/mol. The first-order valence-corrected chi connectivity index (χ1v) is 25.3. The summed E-state index contributed by atoms with van der Waals surface area (Å²) in [6.07, 6.45) is 8.23. The molecule has 3 heterocycles. The molecule has 2 fully saturated rings. The number of hydrogen-bond acceptors (Lipinski definition) is 13. The monoisotopic (exact) mass is 951 g/mol. The molecular weight excluding hydrogens is 908 g/mol. The van der Waals surface area contributed by atoms with Crippen molar-refractivity contribution in [2.75, 3.05) is 65.3 Å². The van der Waals surface area contributed by atoms with Crippen LogP contribution in [-0.2, 0) is 32.9 Å². The maximum atomic E-state index is 15.5. The van der Waals surface area contributed by atoms with Gasteiger partial charge in [0.05, 0.1) is 21.4 Å². The van der Waals surface area contributed by atoms with Gasteiger partial charge in [0.1, 0.15) is 21.4 Å². The minimum atomic E-state index is -4.25. The van der Waals surface area contributed by atoms with Gasteiger partial charge in [-0.25, -0.2) is 35.6 Å². The van der Waals surface area contributed by atoms with Crippen LogP contribution in [-0.4, -0.2) is 101 Å². The van der Waals surface area contributed by atoms with Gasteiger partial charge in [-0.1, -0.05) is 42.1 Å². The SMILES string of the molecule is CN(C)[C@@H]1Cc2ccc(N3CCN([C@H]4CCCC[C@@H]4Nc4cc(F)c(S(=O)(=O)Nc5nccs5)cc4Cl)CC3)cc2C[C@H]1Nc1cc(F)c(S(=O)(=O)Nc2nccs2)cc1Cl. The molecule has 13 nitrogen and oxygen atoms in total. The molecule has 3 aromatic carbocycles. The fraction of sp³-hybridized carbons (Fsp3) is 0.400. The zero-order valence-electron chi connectivity index (χ0n) is 33.2. The van der Waals surface area contributed by atoms with Gasteiger partial charge < -0.3 is 20.4 Å². The van der Waals surface area contributed by atoms with E-state index in [4.69, 9.17) is 23.2 Å². The number of anilines is 5. The molecule has 4 atom stereocenters. The highest BCUT2D eigenvalue weighted by atomic mass is 35.5. The van der Waals surface area contributed by atoms with Crippen molar-refractivity contribution in [2.45, 2.75) is 72.5 Å². The van der Waals surface area contributed by atoms with Gasteiger partial charge in [-0.05, 0) is 87.3 Å². The number of nitrogens with zero attached hydrogens (tertiary/aromatic N) is 5. The molecule has 5 aromatic rings. The van der Waals surface area contributed by atoms with E-state index >= 15 is 8.78 Å². The Morgan fingerprint density at radius 3 is 1.82 bits per heavy atom. The Morgan fingerprint density at radius 1 is 0.721 bits per heavy atom. The number of aromatic nitrogens is 2. The molecule has 3 aliphatic rings. The van der Waals surface area contributed by atoms with E-state index < -0.39 is 41.5 Å². The van der Waals surface area contributed by atoms with E-state index in [1.165, 1.54) is 29.6 Å². The van der Waals surface area contributed by atoms with E-state index in [1.54, 1.807) is 10.8 Å². The van der Waals surface area contributed by atoms with Gasteiger partial charge >= 0.3 is 0 Å². The van der Waals surface area contributed by atoms with Gasteiger partial charge in [-0.3, -0.25) is 14.3 Å². The van der Waals surface area contributed by atoms with Crippen molar-refractivity contribution in [3.05, 3.63) is 98.4 Å². The zero-order valence-corrected chi connectivity index (χ0v) is 38.0. The number of piperazine rings is 1. The molecule has 2 aliphatic carbocycles. The third kappa shape index (κ3) is 9.73. The summed E-state index contributed by atoms with van der Waals surface area (Å²) in [7, 11) is -4.47. The number of rotatable bonds is 13. The predicted molar refractivity (Wildman–Crippen MR) is 241 cm³/mol. The van der Waals surface area contributed by atoms with Crippen LogP contribution < -0.4 is 25.0 Å². The van der Waals surface area contributed by atoms with Crippen LogP contribution in [0.15, 0.2) is 75.4 Å². The van der Waals surface area contributed by atoms with E-state index in [0.29, 0.717) is 17.8 Å². The number of halogens is 4. The van der Waals surface area contributed by atoms with E-state index in [9.17, 15) is 16.8 Å². The van der Waals surface area contributed by atoms with Gasteiger partial charge in [0.2, 0.25) is 0 Å². The van der Waals surface area contributed by atoms with Crippen molar-refractivity contribution in [2.24, 2.45) is 0 Å². The number of sulfonamides is 2. The first-order valence-electron chi connectivity index (χ1n) is 19.8. The van der Waals surface area contributed by atoms with Crippen molar-refractivity contribution < 1.29 is 25.6 Å². The number of thiazole rings is 2. The summed E-state index contributed by atoms with van der Waals surface area (Å²) >= 11 is 15.4. The van der Waals surface area contributed by atoms with Crippen molar-refractivity contribution in [3.8, 4) is 0 Å². The van der Waals surface area contributed by atoms with Crippen LogP contribution in [0.2, 0.25) is 10.0 Å². The second-order valence-electron chi connectivity index (χ2n) is 15.7. The van der Waals surface area contributed by atoms with Gasteiger partial charge in [0, 0.05) is 79.2 Å². The van der Waals surface area contributed by atoms with E-state index in [2.05, 4.69) is 62.9 Å². The maximum absolute atomic E-state index is 15.5. The lowest BCUT2D eigenvalue weighted by molar-refractivity contribution is 0.136. The van der Waals surface area contributed by atoms with Crippen LogP contribution in [0.1, 0.15) is 36.8 Å². The summed E-state index contributed by atoms with van der Waals surface area (Å²) in [4.78, 5) is 13.8. The lowest BCUT2D eigenvalue weighted by atomic mass is 9.83. The number of nitrogens with one attached hydrogen (secondary N) is 4. The van der Waals surface area contributed by atoms with Crippen LogP contribution in [0.5, 0.6) is 0 Å². The average Bonchev–Trinajstić information content (AvgIpc) is 3.94. The molecule has 326 valence electrons. The lowest BCUT2D eigenvalue weighted by Gasteiger charge is -2.45. The van der Waals surface area contributed by atoms with E-state index in [1.807, 2.05) is 14.1 Å². The topological polar surface area (TPSA) is 152 Å². The minimum absolute atomic E-state index is 0.00583. The second kappa shape index (κ2) is 18.1. The summed E-state index contributed by atoms with van der Waals surface area (Å²) in [5.41, 5.74) is 4.20. The van der Waals surface area contributed by atoms with E-state index in [0.717, 1.165) is 105 Å². The smallest absolute Gasteiger partial charge is 0.266 e. The van der Waals surface area contributed by atoms with Crippen LogP contribution >= 0.6 is 45.9 Å². The summed E-state index contributed by atoms with van der Waals surface area (Å²) in [5, 5.41) is 10.6. The summed E-state index contributed by atoms with van der Waals surface area (Å²) < 4.78 is 87.2. The Bertz CT molecular complexity index is 2580. The highest BCUT2D eigenvalue weighted by molar-refractivity contribution is 7.93. The Morgan fingerprint density at radius 2 is 1.28 bits per heavy atom. The number of fused-ring (bicyclic) bond motifs is 1. The standard InChI is InChI=1S/C40H45Cl2F2N9O4S4/c1-51(2)36-19-24-7-8-26(17-25(24)18-34(36)48-33-23-30(44)38(21-28(33)42)61(56,57)50-40-46-10-16-59-40)52-11-13-53(14-12-52)35-6-4-3-5-31(35)47-32-22-29(43)37(20-27(32)41)60(54,55)49-39-45-9-15-58-39/h7-10,15-17,20-23,31,34-36,47-48H,3-6,11-14,18-19H2,1-2H3,(H,45,49)(H,46,50)/t31-,34+,35-,36+/m0/s1. The van der Waals surface area contributed by atoms with Crippen molar-refractivity contribution >= 4 is 93.2 Å². The first kappa shape index (κ1) is 43.8. The van der Waals surface area contributed by atoms with Crippen molar-refractivity contribution in [3.63, 3.8) is 0 Å². The van der Waals surface area contributed by atoms with Crippen LogP contribution in [0.25, 0.3) is 0 Å². The number of hydrogen-bond donors (Lipinski definition) is 4. The molecule has 0 bridgehead atoms. The number of likely N-dealkylation sites (N-methyl/N-ethyl adjacent to an activating group) is 1. The molecule has 4 N–H and O–H groups in total. The highest BCUT2D eigenvalue weighted by Gasteiger charge is 2.35. The van der Waals surface area contributed by atoms with Crippen LogP contribution in [0.3, 0.4) is 0 Å². The molecule has 21 heteroatoms. The Balaban J connectivity index is 0.923. The Labute approximate surface area is 372 Å². The van der Waals surface area contributed by atoms with Crippen molar-refractivity contribution in [1.29, 1.82) is 0 Å². The second-order valence-corrected chi connectivity index (χ2v) is 21.6. The lowest BCUT2D eigenvalue weighted by Crippen LogP contribution is -2.56. The molecule has 1 aliphatic heterocycles. The summed E-state index contributed by atoms with van der Waals surface area (Å²) in [5.74, 6) is -1.83. The molecule has 1 saturated carbocycles. The van der Waals surface area contributed by atoms with Gasteiger partial charge in [0.15, 0.2) is 10.3 Å². The third-order valence-corrected chi connectivity index (χ3v) is 16.6. The minimum Gasteiger partial charge on any atom is -0.379 e. The Hall–Kier alpha value is -3.82. The Kier molecular flexibility index (Phi) is 13.0. The quantitative estimate of drug-likeness (QED) is 0.0914. The predicted octanol–water partition coefficient (Wildman–Crippen LogP) is 7.84. The molecule has 61 heavy (non-hydrogen) atoms. The normalized spacial score (nSPS) is 21.3. The maximum Gasteiger partial charge on any atom is 0.266 e. The fourth-order valence-electron chi connectivity index (χ4n) is 8.63.